The van der Waals surface area contributed by atoms with Crippen LogP contribution in [0.15, 0.2) is 60.7 Å². The molecule has 2 atom stereocenters. The molecule has 134 valence electrons. The third kappa shape index (κ3) is 2.96. The zero-order valence-corrected chi connectivity index (χ0v) is 15.4. The van der Waals surface area contributed by atoms with Gasteiger partial charge in [0.1, 0.15) is 5.60 Å². The molecule has 0 aromatic heterocycles. The number of carbonyl (C=O) groups is 1. The Kier molecular flexibility index (Phi) is 3.98. The number of carbonyl (C=O) groups excluding carboxylic acids is 1. The molecule has 2 aromatic rings. The number of para-hydroxylation sites is 1. The Balaban J connectivity index is 1.58. The van der Waals surface area contributed by atoms with Crippen LogP contribution in [0.25, 0.3) is 0 Å². The van der Waals surface area contributed by atoms with E-state index < -0.39 is 5.60 Å². The molecule has 0 aliphatic carbocycles. The van der Waals surface area contributed by atoms with Gasteiger partial charge in [-0.05, 0) is 49.6 Å². The fourth-order valence-electron chi connectivity index (χ4n) is 3.76. The van der Waals surface area contributed by atoms with Gasteiger partial charge in [-0.2, -0.15) is 0 Å². The molecule has 2 bridgehead atoms. The lowest BCUT2D eigenvalue weighted by atomic mass is 9.92. The number of hydrogen-bond acceptors (Lipinski definition) is 3. The second-order valence-electron chi connectivity index (χ2n) is 7.80. The number of nitrogens with zero attached hydrogens (tertiary/aromatic N) is 1. The minimum Gasteiger partial charge on any atom is -0.444 e. The van der Waals surface area contributed by atoms with E-state index in [9.17, 15) is 4.79 Å². The molecule has 0 saturated heterocycles. The lowest BCUT2D eigenvalue weighted by Gasteiger charge is -2.27. The highest BCUT2D eigenvalue weighted by Gasteiger charge is 2.45. The predicted molar refractivity (Wildman–Crippen MR) is 103 cm³/mol. The van der Waals surface area contributed by atoms with Crippen LogP contribution in [0.1, 0.15) is 49.5 Å². The van der Waals surface area contributed by atoms with Gasteiger partial charge in [0, 0.05) is 12.2 Å². The molecule has 4 heteroatoms. The van der Waals surface area contributed by atoms with Crippen molar-refractivity contribution < 1.29 is 9.53 Å². The second-order valence-corrected chi connectivity index (χ2v) is 7.80. The van der Waals surface area contributed by atoms with E-state index >= 15 is 0 Å². The minimum absolute atomic E-state index is 0.0264. The maximum atomic E-state index is 12.7. The van der Waals surface area contributed by atoms with Gasteiger partial charge < -0.3 is 10.1 Å². The van der Waals surface area contributed by atoms with Crippen LogP contribution in [0.4, 0.5) is 10.5 Å². The number of anilines is 1. The highest BCUT2D eigenvalue weighted by molar-refractivity contribution is 5.74. The van der Waals surface area contributed by atoms with E-state index in [4.69, 9.17) is 4.74 Å². The van der Waals surface area contributed by atoms with E-state index in [2.05, 4.69) is 47.8 Å². The summed E-state index contributed by atoms with van der Waals surface area (Å²) < 4.78 is 5.63. The molecule has 4 nitrogen and oxygen atoms in total. The molecule has 0 radical (unpaired) electrons. The third-order valence-electron chi connectivity index (χ3n) is 4.78. The summed E-state index contributed by atoms with van der Waals surface area (Å²) in [7, 11) is 0. The zero-order valence-electron chi connectivity index (χ0n) is 15.4. The summed E-state index contributed by atoms with van der Waals surface area (Å²) in [5, 5.41) is 3.47. The Bertz CT molecular complexity index is 852. The summed E-state index contributed by atoms with van der Waals surface area (Å²) in [6, 6.07) is 16.4. The van der Waals surface area contributed by atoms with Crippen molar-refractivity contribution in [2.24, 2.45) is 0 Å². The van der Waals surface area contributed by atoms with Crippen molar-refractivity contribution in [1.29, 1.82) is 0 Å². The van der Waals surface area contributed by atoms with Crippen LogP contribution in [0.5, 0.6) is 0 Å². The number of amides is 1. The highest BCUT2D eigenvalue weighted by Crippen LogP contribution is 2.50. The molecule has 0 fully saturated rings. The first-order chi connectivity index (χ1) is 12.4. The first-order valence-corrected chi connectivity index (χ1v) is 9.04. The summed E-state index contributed by atoms with van der Waals surface area (Å²) in [5.74, 6) is 0. The Morgan fingerprint density at radius 2 is 1.77 bits per heavy atom. The molecule has 1 amide bonds. The van der Waals surface area contributed by atoms with Crippen LogP contribution in [-0.2, 0) is 11.3 Å². The average molecular weight is 348 g/mol. The molecule has 2 unspecified atom stereocenters. The number of hydrogen-bond donors (Lipinski definition) is 1. The third-order valence-corrected chi connectivity index (χ3v) is 4.78. The van der Waals surface area contributed by atoms with Crippen molar-refractivity contribution in [2.75, 3.05) is 5.32 Å². The SMILES string of the molecule is CC(C)(C)OC(=O)N1C2C=CC1c1c(CNc3ccccc3)cccc12. The van der Waals surface area contributed by atoms with Crippen LogP contribution >= 0.6 is 0 Å². The first-order valence-electron chi connectivity index (χ1n) is 9.04. The smallest absolute Gasteiger partial charge is 0.411 e. The average Bonchev–Trinajstić information content (AvgIpc) is 3.17. The predicted octanol–water partition coefficient (Wildman–Crippen LogP) is 5.20. The van der Waals surface area contributed by atoms with Gasteiger partial charge in [0.05, 0.1) is 12.1 Å². The lowest BCUT2D eigenvalue weighted by Crippen LogP contribution is -2.35. The van der Waals surface area contributed by atoms with Crippen molar-refractivity contribution in [2.45, 2.75) is 45.0 Å². The van der Waals surface area contributed by atoms with Gasteiger partial charge in [0.2, 0.25) is 0 Å². The van der Waals surface area contributed by atoms with E-state index in [1.807, 2.05) is 43.9 Å². The lowest BCUT2D eigenvalue weighted by molar-refractivity contribution is 0.0196. The summed E-state index contributed by atoms with van der Waals surface area (Å²) in [5.41, 5.74) is 4.25. The second kappa shape index (κ2) is 6.20. The quantitative estimate of drug-likeness (QED) is 0.775. The van der Waals surface area contributed by atoms with Crippen LogP contribution in [0, 0.1) is 0 Å². The fraction of sp³-hybridized carbons (Fsp3) is 0.318. The Morgan fingerprint density at radius 1 is 1.04 bits per heavy atom. The minimum atomic E-state index is -0.497. The Labute approximate surface area is 154 Å². The van der Waals surface area contributed by atoms with Crippen LogP contribution in [0.3, 0.4) is 0 Å². The molecule has 2 heterocycles. The molecule has 1 N–H and O–H groups in total. The fourth-order valence-corrected chi connectivity index (χ4v) is 3.76. The van der Waals surface area contributed by atoms with Crippen LogP contribution in [0.2, 0.25) is 0 Å². The molecule has 2 aliphatic heterocycles. The van der Waals surface area contributed by atoms with Crippen molar-refractivity contribution in [3.8, 4) is 0 Å². The number of rotatable bonds is 3. The van der Waals surface area contributed by atoms with Gasteiger partial charge in [-0.25, -0.2) is 4.79 Å². The Hall–Kier alpha value is -2.75. The molecule has 0 spiro atoms. The number of benzene rings is 2. The maximum absolute atomic E-state index is 12.7. The highest BCUT2D eigenvalue weighted by atomic mass is 16.6. The maximum Gasteiger partial charge on any atom is 0.411 e. The van der Waals surface area contributed by atoms with Gasteiger partial charge in [-0.3, -0.25) is 4.90 Å². The normalized spacial score (nSPS) is 20.2. The molecular weight excluding hydrogens is 324 g/mol. The molecule has 0 saturated carbocycles. The van der Waals surface area contributed by atoms with E-state index in [-0.39, 0.29) is 18.2 Å². The summed E-state index contributed by atoms with van der Waals surface area (Å²) in [6.07, 6.45) is 3.96. The van der Waals surface area contributed by atoms with Crippen molar-refractivity contribution in [1.82, 2.24) is 4.90 Å². The molecule has 4 rings (SSSR count). The van der Waals surface area contributed by atoms with Crippen molar-refractivity contribution in [3.63, 3.8) is 0 Å². The largest absolute Gasteiger partial charge is 0.444 e. The number of nitrogens with one attached hydrogen (secondary N) is 1. The molecule has 2 aromatic carbocycles. The first kappa shape index (κ1) is 16.7. The summed E-state index contributed by atoms with van der Waals surface area (Å²) >= 11 is 0. The van der Waals surface area contributed by atoms with E-state index in [1.165, 1.54) is 16.7 Å². The van der Waals surface area contributed by atoms with Gasteiger partial charge in [-0.15, -0.1) is 0 Å². The molecule has 2 aliphatic rings. The van der Waals surface area contributed by atoms with Crippen LogP contribution in [-0.4, -0.2) is 16.6 Å². The van der Waals surface area contributed by atoms with E-state index in [0.717, 1.165) is 12.2 Å². The van der Waals surface area contributed by atoms with Crippen molar-refractivity contribution >= 4 is 11.8 Å². The van der Waals surface area contributed by atoms with Gasteiger partial charge in [-0.1, -0.05) is 48.6 Å². The van der Waals surface area contributed by atoms with E-state index in [1.54, 1.807) is 0 Å². The molecular formula is C22H24N2O2. The number of ether oxygens (including phenoxy) is 1. The summed E-state index contributed by atoms with van der Waals surface area (Å²) in [6.45, 7) is 6.43. The van der Waals surface area contributed by atoms with Crippen molar-refractivity contribution in [3.05, 3.63) is 77.4 Å². The Morgan fingerprint density at radius 3 is 2.50 bits per heavy atom. The van der Waals surface area contributed by atoms with Gasteiger partial charge in [0.25, 0.3) is 0 Å². The van der Waals surface area contributed by atoms with E-state index in [0.29, 0.717) is 0 Å². The van der Waals surface area contributed by atoms with Gasteiger partial charge >= 0.3 is 6.09 Å². The summed E-state index contributed by atoms with van der Waals surface area (Å²) in [4.78, 5) is 14.6. The monoisotopic (exact) mass is 348 g/mol. The number of fused-ring (bicyclic) bond motifs is 5. The zero-order chi connectivity index (χ0) is 18.3. The topological polar surface area (TPSA) is 41.6 Å². The van der Waals surface area contributed by atoms with Gasteiger partial charge in [0.15, 0.2) is 0 Å². The van der Waals surface area contributed by atoms with Crippen LogP contribution < -0.4 is 5.32 Å². The molecule has 26 heavy (non-hydrogen) atoms. The standard InChI is InChI=1S/C22H24N2O2/c1-22(2,3)26-21(25)24-18-12-13-19(24)20-15(8-7-11-17(18)20)14-23-16-9-5-4-6-10-16/h4-13,18-19,23H,14H2,1-3H3.